The largest absolute Gasteiger partial charge is 0.504 e. The van der Waals surface area contributed by atoms with Crippen LogP contribution in [0.5, 0.6) is 11.5 Å². The maximum Gasteiger partial charge on any atom is 0.416 e. The van der Waals surface area contributed by atoms with Crippen molar-refractivity contribution in [1.29, 1.82) is 0 Å². The molecule has 3 fully saturated rings. The summed E-state index contributed by atoms with van der Waals surface area (Å²) in [5.41, 5.74) is -0.358. The van der Waals surface area contributed by atoms with Gasteiger partial charge in [-0.1, -0.05) is 25.1 Å². The Labute approximate surface area is 237 Å². The van der Waals surface area contributed by atoms with E-state index in [4.69, 9.17) is 4.74 Å². The number of aromatic hydroxyl groups is 1. The van der Waals surface area contributed by atoms with Gasteiger partial charge in [0.15, 0.2) is 11.5 Å². The number of nitrogens with zero attached hydrogens (tertiary/aromatic N) is 2. The van der Waals surface area contributed by atoms with Gasteiger partial charge in [0.2, 0.25) is 5.91 Å². The van der Waals surface area contributed by atoms with E-state index in [2.05, 4.69) is 4.90 Å². The fraction of sp³-hybridized carbons (Fsp3) is 0.531. The quantitative estimate of drug-likeness (QED) is 0.509. The first-order valence-corrected chi connectivity index (χ1v) is 14.5. The Morgan fingerprint density at radius 3 is 2.76 bits per heavy atom. The number of benzene rings is 2. The van der Waals surface area contributed by atoms with E-state index in [9.17, 15) is 28.2 Å². The third-order valence-corrected chi connectivity index (χ3v) is 10.5. The van der Waals surface area contributed by atoms with Gasteiger partial charge in [-0.25, -0.2) is 0 Å². The lowest BCUT2D eigenvalue weighted by molar-refractivity contribution is -0.212. The average molecular weight is 569 g/mol. The van der Waals surface area contributed by atoms with Crippen molar-refractivity contribution in [1.82, 2.24) is 9.80 Å². The molecule has 2 aromatic carbocycles. The van der Waals surface area contributed by atoms with Gasteiger partial charge in [0.25, 0.3) is 0 Å². The minimum Gasteiger partial charge on any atom is -0.504 e. The van der Waals surface area contributed by atoms with Crippen LogP contribution in [0.25, 0.3) is 6.08 Å². The number of alkyl halides is 3. The summed E-state index contributed by atoms with van der Waals surface area (Å²) < 4.78 is 46.1. The molecule has 41 heavy (non-hydrogen) atoms. The van der Waals surface area contributed by atoms with Gasteiger partial charge >= 0.3 is 6.18 Å². The van der Waals surface area contributed by atoms with E-state index in [1.807, 2.05) is 13.0 Å². The maximum atomic E-state index is 13.5. The number of carbonyl (C=O) groups excluding carboxylic acids is 1. The van der Waals surface area contributed by atoms with Crippen molar-refractivity contribution in [3.63, 3.8) is 0 Å². The van der Waals surface area contributed by atoms with Gasteiger partial charge < -0.3 is 19.8 Å². The first kappa shape index (κ1) is 26.8. The minimum atomic E-state index is -4.47. The summed E-state index contributed by atoms with van der Waals surface area (Å²) in [6, 6.07) is 8.00. The summed E-state index contributed by atoms with van der Waals surface area (Å²) in [6.45, 7) is 3.82. The van der Waals surface area contributed by atoms with Gasteiger partial charge in [-0.3, -0.25) is 9.69 Å². The Hall–Kier alpha value is -3.04. The Balaban J connectivity index is 1.24. The molecule has 0 radical (unpaired) electrons. The molecule has 7 rings (SSSR count). The molecule has 1 amide bonds. The van der Waals surface area contributed by atoms with Crippen LogP contribution in [-0.4, -0.2) is 69.8 Å². The SMILES string of the molecule is CC1C[C@@]2(O)[C@H]3Cc4ccc(O)c5c4[C@@]2(CCN3CC2CC2)C(O5)C1N(C)C(=O)/C=C/c1cccc(C(F)(F)F)c1. The number of phenolic OH excluding ortho intramolecular Hbond substituents is 1. The minimum absolute atomic E-state index is 0.0403. The molecule has 3 aliphatic carbocycles. The van der Waals surface area contributed by atoms with E-state index >= 15 is 0 Å². The second-order valence-corrected chi connectivity index (χ2v) is 12.9. The number of phenols is 1. The molecule has 3 unspecified atom stereocenters. The van der Waals surface area contributed by atoms with Gasteiger partial charge in [0, 0.05) is 31.3 Å². The van der Waals surface area contributed by atoms with Gasteiger partial charge in [-0.2, -0.15) is 13.2 Å². The van der Waals surface area contributed by atoms with Crippen LogP contribution in [0, 0.1) is 11.8 Å². The lowest BCUT2D eigenvalue weighted by atomic mass is 9.46. The van der Waals surface area contributed by atoms with E-state index in [1.165, 1.54) is 37.1 Å². The fourth-order valence-electron chi connectivity index (χ4n) is 8.56. The molecule has 9 heteroatoms. The number of aliphatic hydroxyl groups is 1. The van der Waals surface area contributed by atoms with Gasteiger partial charge in [-0.05, 0) is 85.9 Å². The topological polar surface area (TPSA) is 73.2 Å². The van der Waals surface area contributed by atoms with Crippen LogP contribution in [0.3, 0.4) is 0 Å². The third-order valence-electron chi connectivity index (χ3n) is 10.5. The summed E-state index contributed by atoms with van der Waals surface area (Å²) in [4.78, 5) is 17.6. The Morgan fingerprint density at radius 1 is 1.24 bits per heavy atom. The molecule has 2 saturated carbocycles. The molecule has 2 bridgehead atoms. The van der Waals surface area contributed by atoms with Crippen LogP contribution in [-0.2, 0) is 22.8 Å². The lowest BCUT2D eigenvalue weighted by Gasteiger charge is -2.66. The highest BCUT2D eigenvalue weighted by atomic mass is 19.4. The molecule has 2 aromatic rings. The summed E-state index contributed by atoms with van der Waals surface area (Å²) in [6.07, 6.45) is 1.95. The predicted octanol–water partition coefficient (Wildman–Crippen LogP) is 4.76. The van der Waals surface area contributed by atoms with Crippen LogP contribution in [0.1, 0.15) is 54.9 Å². The first-order chi connectivity index (χ1) is 19.4. The van der Waals surface area contributed by atoms with E-state index in [0.717, 1.165) is 36.3 Å². The molecule has 0 aromatic heterocycles. The van der Waals surface area contributed by atoms with Crippen molar-refractivity contribution < 1.29 is 32.9 Å². The second kappa shape index (κ2) is 8.98. The van der Waals surface area contributed by atoms with Crippen molar-refractivity contribution in [2.45, 2.75) is 74.4 Å². The number of carbonyl (C=O) groups is 1. The zero-order chi connectivity index (χ0) is 28.9. The molecule has 6 nitrogen and oxygen atoms in total. The normalized spacial score (nSPS) is 33.9. The number of amides is 1. The van der Waals surface area contributed by atoms with E-state index in [0.29, 0.717) is 30.9 Å². The van der Waals surface area contributed by atoms with Crippen molar-refractivity contribution in [2.24, 2.45) is 11.8 Å². The van der Waals surface area contributed by atoms with Gasteiger partial charge in [0.1, 0.15) is 6.10 Å². The van der Waals surface area contributed by atoms with Crippen LogP contribution in [0.4, 0.5) is 13.2 Å². The van der Waals surface area contributed by atoms with E-state index in [1.54, 1.807) is 18.0 Å². The Kier molecular flexibility index (Phi) is 5.88. The summed E-state index contributed by atoms with van der Waals surface area (Å²) in [5, 5.41) is 23.6. The Bertz CT molecular complexity index is 1440. The Morgan fingerprint density at radius 2 is 2.02 bits per heavy atom. The van der Waals surface area contributed by atoms with Crippen molar-refractivity contribution in [3.05, 3.63) is 64.7 Å². The number of likely N-dealkylation sites (N-methyl/N-ethyl adjacent to an activating group) is 1. The number of rotatable bonds is 5. The van der Waals surface area contributed by atoms with Gasteiger partial charge in [0.05, 0.1) is 22.6 Å². The number of hydrogen-bond acceptors (Lipinski definition) is 5. The standard InChI is InChI=1S/C32H35F3N2O4/c1-18-16-31(40)24-15-21-9-10-23(38)28-26(21)30(31,12-13-37(24)17-20-6-7-20)29(41-28)27(18)36(2)25(39)11-8-19-4-3-5-22(14-19)32(33,34)35/h3-5,8-11,14,18,20,24,27,29,38,40H,6-7,12-13,15-17H2,1-2H3/b11-8+/t18?,24-,27?,29?,30+,31-/m1/s1. The summed E-state index contributed by atoms with van der Waals surface area (Å²) in [5.74, 6) is 0.651. The van der Waals surface area contributed by atoms with Crippen LogP contribution in [0.2, 0.25) is 0 Å². The van der Waals surface area contributed by atoms with Crippen LogP contribution < -0.4 is 4.74 Å². The van der Waals surface area contributed by atoms with E-state index < -0.39 is 34.9 Å². The van der Waals surface area contributed by atoms with Crippen molar-refractivity contribution in [2.75, 3.05) is 20.1 Å². The molecule has 2 heterocycles. The average Bonchev–Trinajstić information content (AvgIpc) is 3.67. The number of likely N-dealkylation sites (tertiary alicyclic amines) is 1. The van der Waals surface area contributed by atoms with Crippen molar-refractivity contribution >= 4 is 12.0 Å². The monoisotopic (exact) mass is 568 g/mol. The second-order valence-electron chi connectivity index (χ2n) is 12.9. The number of ether oxygens (including phenoxy) is 1. The maximum absolute atomic E-state index is 13.5. The predicted molar refractivity (Wildman–Crippen MR) is 146 cm³/mol. The zero-order valence-electron chi connectivity index (χ0n) is 23.2. The molecule has 5 aliphatic rings. The summed E-state index contributed by atoms with van der Waals surface area (Å²) >= 11 is 0. The molecule has 1 saturated heterocycles. The van der Waals surface area contributed by atoms with Crippen LogP contribution >= 0.6 is 0 Å². The molecule has 218 valence electrons. The third kappa shape index (κ3) is 3.88. The summed E-state index contributed by atoms with van der Waals surface area (Å²) in [7, 11) is 1.69. The van der Waals surface area contributed by atoms with Crippen molar-refractivity contribution in [3.8, 4) is 11.5 Å². The molecular formula is C32H35F3N2O4. The van der Waals surface area contributed by atoms with E-state index in [-0.39, 0.29) is 29.2 Å². The molecular weight excluding hydrogens is 533 g/mol. The molecule has 1 spiro atoms. The first-order valence-electron chi connectivity index (χ1n) is 14.5. The number of halogens is 3. The smallest absolute Gasteiger partial charge is 0.416 e. The fourth-order valence-corrected chi connectivity index (χ4v) is 8.56. The molecule has 2 aliphatic heterocycles. The zero-order valence-corrected chi connectivity index (χ0v) is 23.2. The highest BCUT2D eigenvalue weighted by molar-refractivity contribution is 5.92. The highest BCUT2D eigenvalue weighted by Crippen LogP contribution is 2.66. The highest BCUT2D eigenvalue weighted by Gasteiger charge is 2.74. The molecule has 2 N–H and O–H groups in total. The number of piperidine rings is 1. The number of hydrogen-bond donors (Lipinski definition) is 2. The molecule has 6 atom stereocenters. The van der Waals surface area contributed by atoms with Gasteiger partial charge in [-0.15, -0.1) is 0 Å². The lowest BCUT2D eigenvalue weighted by Crippen LogP contribution is -2.79. The van der Waals surface area contributed by atoms with Crippen LogP contribution in [0.15, 0.2) is 42.5 Å².